The van der Waals surface area contributed by atoms with Gasteiger partial charge >= 0.3 is 0 Å². The number of nitriles is 1. The van der Waals surface area contributed by atoms with Crippen LogP contribution in [0.5, 0.6) is 5.88 Å². The molecule has 5 rings (SSSR count). The van der Waals surface area contributed by atoms with Gasteiger partial charge in [0.1, 0.15) is 5.82 Å². The maximum Gasteiger partial charge on any atom is 0.228 e. The maximum absolute atomic E-state index is 8.94. The molecule has 2 aromatic heterocycles. The highest BCUT2D eigenvalue weighted by atomic mass is 16.5. The Bertz CT molecular complexity index is 937. The van der Waals surface area contributed by atoms with Crippen molar-refractivity contribution in [1.29, 1.82) is 5.26 Å². The molecule has 0 amide bonds. The van der Waals surface area contributed by atoms with Crippen LogP contribution in [0.1, 0.15) is 49.8 Å². The van der Waals surface area contributed by atoms with E-state index in [1.807, 2.05) is 13.0 Å². The number of aromatic amines is 1. The number of rotatable bonds is 6. The van der Waals surface area contributed by atoms with Crippen LogP contribution in [0.15, 0.2) is 6.07 Å². The first kappa shape index (κ1) is 19.1. The summed E-state index contributed by atoms with van der Waals surface area (Å²) in [6.07, 6.45) is 7.01. The average Bonchev–Trinajstić information content (AvgIpc) is 3.25. The summed E-state index contributed by atoms with van der Waals surface area (Å²) in [6, 6.07) is 5.68. The van der Waals surface area contributed by atoms with Gasteiger partial charge < -0.3 is 15.4 Å². The molecular weight excluding hydrogens is 380 g/mol. The van der Waals surface area contributed by atoms with Crippen molar-refractivity contribution in [2.75, 3.05) is 23.8 Å². The number of nitrogens with zero attached hydrogens (tertiary/aromatic N) is 5. The van der Waals surface area contributed by atoms with Crippen LogP contribution in [0.2, 0.25) is 0 Å². The number of fused-ring (bicyclic) bond motifs is 3. The van der Waals surface area contributed by atoms with Gasteiger partial charge in [0.2, 0.25) is 11.8 Å². The van der Waals surface area contributed by atoms with Crippen LogP contribution in [-0.2, 0) is 6.42 Å². The quantitative estimate of drug-likeness (QED) is 0.668. The van der Waals surface area contributed by atoms with Gasteiger partial charge in [0.05, 0.1) is 18.2 Å². The van der Waals surface area contributed by atoms with Crippen molar-refractivity contribution in [3.8, 4) is 11.9 Å². The first-order valence-electron chi connectivity index (χ1n) is 10.9. The van der Waals surface area contributed by atoms with Gasteiger partial charge in [0.15, 0.2) is 5.82 Å². The minimum Gasteiger partial charge on any atom is -0.477 e. The highest BCUT2D eigenvalue weighted by Crippen LogP contribution is 2.37. The summed E-state index contributed by atoms with van der Waals surface area (Å²) in [4.78, 5) is 12.0. The fourth-order valence-electron chi connectivity index (χ4n) is 5.12. The Hall–Kier alpha value is -2.86. The molecule has 0 aliphatic carbocycles. The highest BCUT2D eigenvalue weighted by Gasteiger charge is 2.40. The molecule has 0 spiro atoms. The van der Waals surface area contributed by atoms with E-state index in [4.69, 9.17) is 15.0 Å². The van der Waals surface area contributed by atoms with Crippen LogP contribution >= 0.6 is 0 Å². The molecule has 3 aliphatic rings. The van der Waals surface area contributed by atoms with E-state index in [2.05, 4.69) is 36.8 Å². The van der Waals surface area contributed by atoms with Crippen molar-refractivity contribution in [2.45, 2.75) is 70.0 Å². The molecule has 5 heterocycles. The van der Waals surface area contributed by atoms with Crippen molar-refractivity contribution in [3.63, 3.8) is 0 Å². The third-order valence-corrected chi connectivity index (χ3v) is 6.43. The third kappa shape index (κ3) is 3.79. The first-order chi connectivity index (χ1) is 14.7. The largest absolute Gasteiger partial charge is 0.477 e. The van der Waals surface area contributed by atoms with Crippen molar-refractivity contribution in [2.24, 2.45) is 0 Å². The summed E-state index contributed by atoms with van der Waals surface area (Å²) < 4.78 is 5.85. The molecule has 30 heavy (non-hydrogen) atoms. The van der Waals surface area contributed by atoms with E-state index >= 15 is 0 Å². The van der Waals surface area contributed by atoms with Gasteiger partial charge in [-0.2, -0.15) is 20.3 Å². The van der Waals surface area contributed by atoms with Crippen LogP contribution < -0.4 is 15.4 Å². The Labute approximate surface area is 176 Å². The molecule has 2 fully saturated rings. The first-order valence-corrected chi connectivity index (χ1v) is 10.9. The molecular formula is C21H28N8O. The second kappa shape index (κ2) is 8.11. The lowest BCUT2D eigenvalue weighted by molar-refractivity contribution is 0.135. The highest BCUT2D eigenvalue weighted by molar-refractivity contribution is 5.61. The topological polar surface area (TPSA) is 115 Å². The van der Waals surface area contributed by atoms with Gasteiger partial charge in [-0.25, -0.2) is 0 Å². The normalized spacial score (nSPS) is 25.3. The molecule has 0 saturated carbocycles. The molecule has 0 unspecified atom stereocenters. The fourth-order valence-corrected chi connectivity index (χ4v) is 5.12. The van der Waals surface area contributed by atoms with Crippen molar-refractivity contribution >= 4 is 17.6 Å². The standard InChI is InChI=1S/C21H28N8O/c1-13-10-18(28-27-13)24-19-17-4-2-9-30-20(17)26-21(25-19)23-14-11-15-5-6-16(12-14)29(15)8-3-7-22/h10,14-16H,2-6,8-9,11-12H2,1H3,(H3,23,24,25,26,27,28)/t14-,15-,16+. The zero-order valence-electron chi connectivity index (χ0n) is 17.3. The Morgan fingerprint density at radius 2 is 2.13 bits per heavy atom. The third-order valence-electron chi connectivity index (χ3n) is 6.43. The van der Waals surface area contributed by atoms with Gasteiger partial charge in [-0.1, -0.05) is 0 Å². The molecule has 3 N–H and O–H groups in total. The average molecular weight is 409 g/mol. The molecule has 2 aromatic rings. The second-order valence-corrected chi connectivity index (χ2v) is 8.54. The summed E-state index contributed by atoms with van der Waals surface area (Å²) in [7, 11) is 0. The van der Waals surface area contributed by atoms with Crippen LogP contribution in [0, 0.1) is 18.3 Å². The number of nitrogens with one attached hydrogen (secondary N) is 3. The van der Waals surface area contributed by atoms with Crippen molar-refractivity contribution in [3.05, 3.63) is 17.3 Å². The molecule has 9 nitrogen and oxygen atoms in total. The predicted molar refractivity (Wildman–Crippen MR) is 113 cm³/mol. The molecule has 2 saturated heterocycles. The number of hydrogen-bond acceptors (Lipinski definition) is 8. The predicted octanol–water partition coefficient (Wildman–Crippen LogP) is 2.90. The Balaban J connectivity index is 1.34. The minimum atomic E-state index is 0.336. The van der Waals surface area contributed by atoms with E-state index in [-0.39, 0.29) is 0 Å². The lowest BCUT2D eigenvalue weighted by Crippen LogP contribution is -2.47. The SMILES string of the molecule is Cc1cc(Nc2nc(N[C@@H]3C[C@H]4CC[C@@H](C3)N4CCC#N)nc3c2CCCO3)n[nH]1. The number of H-pyrrole nitrogens is 1. The maximum atomic E-state index is 8.94. The van der Waals surface area contributed by atoms with Gasteiger partial charge in [-0.15, -0.1) is 0 Å². The Morgan fingerprint density at radius 3 is 2.87 bits per heavy atom. The van der Waals surface area contributed by atoms with Gasteiger partial charge in [-0.05, 0) is 45.4 Å². The van der Waals surface area contributed by atoms with E-state index in [1.165, 1.54) is 12.8 Å². The molecule has 2 bridgehead atoms. The second-order valence-electron chi connectivity index (χ2n) is 8.54. The number of piperidine rings is 1. The molecule has 3 atom stereocenters. The van der Waals surface area contributed by atoms with Gasteiger partial charge in [0, 0.05) is 42.9 Å². The van der Waals surface area contributed by atoms with E-state index in [1.54, 1.807) is 0 Å². The molecule has 0 aromatic carbocycles. The smallest absolute Gasteiger partial charge is 0.228 e. The fraction of sp³-hybridized carbons (Fsp3) is 0.619. The summed E-state index contributed by atoms with van der Waals surface area (Å²) in [6.45, 7) is 3.55. The Kier molecular flexibility index (Phi) is 5.17. The summed E-state index contributed by atoms with van der Waals surface area (Å²) in [5, 5.41) is 23.1. The van der Waals surface area contributed by atoms with Crippen molar-refractivity contribution < 1.29 is 4.74 Å². The van der Waals surface area contributed by atoms with E-state index in [9.17, 15) is 0 Å². The zero-order chi connectivity index (χ0) is 20.5. The molecule has 158 valence electrons. The van der Waals surface area contributed by atoms with E-state index < -0.39 is 0 Å². The number of hydrogen-bond donors (Lipinski definition) is 3. The van der Waals surface area contributed by atoms with Crippen LogP contribution in [0.4, 0.5) is 17.6 Å². The van der Waals surface area contributed by atoms with Gasteiger partial charge in [-0.3, -0.25) is 10.00 Å². The number of anilines is 3. The number of aryl methyl sites for hydroxylation is 1. The van der Waals surface area contributed by atoms with Gasteiger partial charge in [0.25, 0.3) is 0 Å². The summed E-state index contributed by atoms with van der Waals surface area (Å²) in [5.41, 5.74) is 2.01. The summed E-state index contributed by atoms with van der Waals surface area (Å²) >= 11 is 0. The van der Waals surface area contributed by atoms with Crippen LogP contribution in [-0.4, -0.2) is 56.3 Å². The number of aromatic nitrogens is 4. The molecule has 0 radical (unpaired) electrons. The monoisotopic (exact) mass is 408 g/mol. The lowest BCUT2D eigenvalue weighted by atomic mass is 9.97. The Morgan fingerprint density at radius 1 is 1.30 bits per heavy atom. The molecule has 9 heteroatoms. The lowest BCUT2D eigenvalue weighted by Gasteiger charge is -2.38. The van der Waals surface area contributed by atoms with Crippen molar-refractivity contribution in [1.82, 2.24) is 25.1 Å². The van der Waals surface area contributed by atoms with E-state index in [0.29, 0.717) is 43.0 Å². The number of ether oxygens (including phenoxy) is 1. The van der Waals surface area contributed by atoms with Crippen LogP contribution in [0.3, 0.4) is 0 Å². The molecule has 3 aliphatic heterocycles. The minimum absolute atomic E-state index is 0.336. The van der Waals surface area contributed by atoms with E-state index in [0.717, 1.165) is 55.1 Å². The zero-order valence-corrected chi connectivity index (χ0v) is 17.3. The summed E-state index contributed by atoms with van der Waals surface area (Å²) in [5.74, 6) is 2.79. The van der Waals surface area contributed by atoms with Crippen LogP contribution in [0.25, 0.3) is 0 Å².